The lowest BCUT2D eigenvalue weighted by Crippen LogP contribution is -1.89. The Morgan fingerprint density at radius 1 is 1.31 bits per heavy atom. The third-order valence-electron chi connectivity index (χ3n) is 3.35. The molecule has 8 heteroatoms. The van der Waals surface area contributed by atoms with E-state index in [1.165, 1.54) is 29.5 Å². The molecule has 0 N–H and O–H groups in total. The molecule has 3 rings (SSSR count). The highest BCUT2D eigenvalue weighted by atomic mass is 32.2. The number of thioether (sulfide) groups is 1. The molecule has 132 valence electrons. The number of nitro benzene ring substituents is 1. The van der Waals surface area contributed by atoms with E-state index < -0.39 is 4.92 Å². The van der Waals surface area contributed by atoms with Crippen molar-refractivity contribution in [3.05, 3.63) is 64.2 Å². The minimum atomic E-state index is -0.460. The minimum Gasteiger partial charge on any atom is -0.494 e. The van der Waals surface area contributed by atoms with Crippen LogP contribution in [0.1, 0.15) is 12.5 Å². The van der Waals surface area contributed by atoms with Crippen molar-refractivity contribution in [3.63, 3.8) is 0 Å². The summed E-state index contributed by atoms with van der Waals surface area (Å²) in [4.78, 5) is 26.7. The molecule has 26 heavy (non-hydrogen) atoms. The van der Waals surface area contributed by atoms with Crippen LogP contribution in [0.25, 0.3) is 16.3 Å². The van der Waals surface area contributed by atoms with Gasteiger partial charge in [-0.3, -0.25) is 14.9 Å². The molecule has 0 aliphatic heterocycles. The summed E-state index contributed by atoms with van der Waals surface area (Å²) in [6.07, 6.45) is 3.06. The average Bonchev–Trinajstić information content (AvgIpc) is 3.02. The summed E-state index contributed by atoms with van der Waals surface area (Å²) in [5.74, 6) is 0.782. The molecule has 0 aliphatic rings. The second-order valence-electron chi connectivity index (χ2n) is 5.15. The molecule has 0 aliphatic carbocycles. The first-order valence-corrected chi connectivity index (χ1v) is 9.36. The van der Waals surface area contributed by atoms with Gasteiger partial charge in [-0.15, -0.1) is 11.3 Å². The van der Waals surface area contributed by atoms with Crippen LogP contribution in [-0.4, -0.2) is 21.6 Å². The summed E-state index contributed by atoms with van der Waals surface area (Å²) in [6.45, 7) is 2.52. The lowest BCUT2D eigenvalue weighted by molar-refractivity contribution is -0.384. The van der Waals surface area contributed by atoms with E-state index in [2.05, 4.69) is 4.98 Å². The molecule has 0 radical (unpaired) electrons. The molecule has 0 fully saturated rings. The van der Waals surface area contributed by atoms with E-state index in [-0.39, 0.29) is 10.8 Å². The van der Waals surface area contributed by atoms with Crippen molar-refractivity contribution >= 4 is 50.2 Å². The number of fused-ring (bicyclic) bond motifs is 1. The van der Waals surface area contributed by atoms with Gasteiger partial charge in [-0.1, -0.05) is 6.08 Å². The Bertz CT molecular complexity index is 981. The smallest absolute Gasteiger partial charge is 0.269 e. The second kappa shape index (κ2) is 8.11. The molecule has 2 aromatic carbocycles. The molecule has 0 saturated heterocycles. The van der Waals surface area contributed by atoms with Gasteiger partial charge >= 0.3 is 0 Å². The third kappa shape index (κ3) is 4.47. The van der Waals surface area contributed by atoms with Gasteiger partial charge in [-0.05, 0) is 60.7 Å². The Hall–Kier alpha value is -2.71. The van der Waals surface area contributed by atoms with Crippen molar-refractivity contribution in [3.8, 4) is 5.75 Å². The van der Waals surface area contributed by atoms with Gasteiger partial charge in [0.25, 0.3) is 5.69 Å². The monoisotopic (exact) mass is 386 g/mol. The number of hydrogen-bond donors (Lipinski definition) is 0. The summed E-state index contributed by atoms with van der Waals surface area (Å²) in [6, 6.07) is 11.6. The predicted molar refractivity (Wildman–Crippen MR) is 104 cm³/mol. The summed E-state index contributed by atoms with van der Waals surface area (Å²) in [7, 11) is 0. The highest BCUT2D eigenvalue weighted by Gasteiger charge is 2.09. The number of benzene rings is 2. The van der Waals surface area contributed by atoms with Gasteiger partial charge in [-0.2, -0.15) is 0 Å². The van der Waals surface area contributed by atoms with E-state index in [4.69, 9.17) is 4.74 Å². The number of nitrogens with zero attached hydrogens (tertiary/aromatic N) is 2. The minimum absolute atomic E-state index is 0.0174. The molecular formula is C18H14N2O4S2. The van der Waals surface area contributed by atoms with E-state index in [9.17, 15) is 14.9 Å². The predicted octanol–water partition coefficient (Wildman–Crippen LogP) is 4.94. The Morgan fingerprint density at radius 2 is 2.08 bits per heavy atom. The molecule has 3 aromatic rings. The van der Waals surface area contributed by atoms with Gasteiger partial charge in [0.15, 0.2) is 4.34 Å². The number of aromatic nitrogens is 1. The normalized spacial score (nSPS) is 11.1. The van der Waals surface area contributed by atoms with Gasteiger partial charge in [0.05, 0.1) is 21.7 Å². The molecule has 0 atom stereocenters. The van der Waals surface area contributed by atoms with E-state index in [0.717, 1.165) is 33.3 Å². The fourth-order valence-corrected chi connectivity index (χ4v) is 4.04. The Balaban J connectivity index is 1.67. The van der Waals surface area contributed by atoms with Crippen LogP contribution >= 0.6 is 23.1 Å². The van der Waals surface area contributed by atoms with Crippen LogP contribution in [0, 0.1) is 10.1 Å². The van der Waals surface area contributed by atoms with Crippen molar-refractivity contribution in [2.45, 2.75) is 11.3 Å². The van der Waals surface area contributed by atoms with Crippen LogP contribution in [-0.2, 0) is 4.79 Å². The SMILES string of the molecule is CCOc1ccc2nc(SC(=O)/C=C/c3ccc([N+](=O)[O-])cc3)sc2c1. The van der Waals surface area contributed by atoms with E-state index >= 15 is 0 Å². The number of ether oxygens (including phenoxy) is 1. The van der Waals surface area contributed by atoms with Crippen LogP contribution in [0.4, 0.5) is 5.69 Å². The topological polar surface area (TPSA) is 82.3 Å². The quantitative estimate of drug-likeness (QED) is 0.258. The molecule has 0 spiro atoms. The van der Waals surface area contributed by atoms with Crippen LogP contribution in [0.15, 0.2) is 52.9 Å². The largest absolute Gasteiger partial charge is 0.494 e. The Kier molecular flexibility index (Phi) is 5.65. The number of carbonyl (C=O) groups is 1. The molecule has 0 bridgehead atoms. The average molecular weight is 386 g/mol. The Morgan fingerprint density at radius 3 is 2.77 bits per heavy atom. The molecular weight excluding hydrogens is 372 g/mol. The highest BCUT2D eigenvalue weighted by molar-refractivity contribution is 8.15. The zero-order valence-corrected chi connectivity index (χ0v) is 15.4. The van der Waals surface area contributed by atoms with E-state index in [1.807, 2.05) is 25.1 Å². The van der Waals surface area contributed by atoms with Gasteiger partial charge < -0.3 is 4.74 Å². The van der Waals surface area contributed by atoms with Crippen molar-refractivity contribution in [1.29, 1.82) is 0 Å². The van der Waals surface area contributed by atoms with Crippen LogP contribution in [0.3, 0.4) is 0 Å². The molecule has 1 heterocycles. The maximum atomic E-state index is 12.1. The number of nitro groups is 1. The summed E-state index contributed by atoms with van der Waals surface area (Å²) < 4.78 is 7.09. The van der Waals surface area contributed by atoms with Gasteiger partial charge in [0, 0.05) is 12.1 Å². The zero-order valence-electron chi connectivity index (χ0n) is 13.7. The van der Waals surface area contributed by atoms with Crippen molar-refractivity contribution < 1.29 is 14.5 Å². The van der Waals surface area contributed by atoms with Gasteiger partial charge in [0.2, 0.25) is 5.12 Å². The lowest BCUT2D eigenvalue weighted by Gasteiger charge is -2.00. The Labute approximate surface area is 157 Å². The van der Waals surface area contributed by atoms with E-state index in [1.54, 1.807) is 18.2 Å². The number of rotatable bonds is 6. The highest BCUT2D eigenvalue weighted by Crippen LogP contribution is 2.32. The lowest BCUT2D eigenvalue weighted by atomic mass is 10.2. The summed E-state index contributed by atoms with van der Waals surface area (Å²) in [5, 5.41) is 10.5. The van der Waals surface area contributed by atoms with Crippen LogP contribution in [0.5, 0.6) is 5.75 Å². The van der Waals surface area contributed by atoms with Crippen LogP contribution in [0.2, 0.25) is 0 Å². The number of non-ortho nitro benzene ring substituents is 1. The van der Waals surface area contributed by atoms with Gasteiger partial charge in [0.1, 0.15) is 5.75 Å². The van der Waals surface area contributed by atoms with E-state index in [0.29, 0.717) is 10.9 Å². The zero-order chi connectivity index (χ0) is 18.5. The molecule has 0 saturated carbocycles. The first-order valence-electron chi connectivity index (χ1n) is 7.73. The third-order valence-corrected chi connectivity index (χ3v) is 5.27. The van der Waals surface area contributed by atoms with Crippen molar-refractivity contribution in [1.82, 2.24) is 4.98 Å². The number of thiazole rings is 1. The molecule has 0 amide bonds. The first kappa shape index (κ1) is 18.1. The number of hydrogen-bond acceptors (Lipinski definition) is 7. The fourth-order valence-electron chi connectivity index (χ4n) is 2.18. The molecule has 6 nitrogen and oxygen atoms in total. The fraction of sp³-hybridized carbons (Fsp3) is 0.111. The van der Waals surface area contributed by atoms with Crippen molar-refractivity contribution in [2.24, 2.45) is 0 Å². The summed E-state index contributed by atoms with van der Waals surface area (Å²) in [5.41, 5.74) is 1.56. The van der Waals surface area contributed by atoms with Crippen molar-refractivity contribution in [2.75, 3.05) is 6.61 Å². The summed E-state index contributed by atoms with van der Waals surface area (Å²) >= 11 is 2.48. The second-order valence-corrected chi connectivity index (χ2v) is 7.43. The molecule has 0 unspecified atom stereocenters. The molecule has 1 aromatic heterocycles. The standard InChI is InChI=1S/C18H14N2O4S2/c1-2-24-14-8-9-15-16(11-14)25-18(19-15)26-17(21)10-5-12-3-6-13(7-4-12)20(22)23/h3-11H,2H2,1H3/b10-5+. The maximum absolute atomic E-state index is 12.1. The van der Waals surface area contributed by atoms with Gasteiger partial charge in [-0.25, -0.2) is 4.98 Å². The maximum Gasteiger partial charge on any atom is 0.269 e. The first-order chi connectivity index (χ1) is 12.5. The number of carbonyl (C=O) groups excluding carboxylic acids is 1. The van der Waals surface area contributed by atoms with Crippen LogP contribution < -0.4 is 4.74 Å².